The van der Waals surface area contributed by atoms with E-state index in [4.69, 9.17) is 4.74 Å². The number of aliphatic hydroxyl groups excluding tert-OH is 1. The van der Waals surface area contributed by atoms with Gasteiger partial charge in [0.2, 0.25) is 10.0 Å². The van der Waals surface area contributed by atoms with Gasteiger partial charge in [-0.2, -0.15) is 0 Å². The van der Waals surface area contributed by atoms with E-state index in [1.807, 2.05) is 0 Å². The van der Waals surface area contributed by atoms with E-state index < -0.39 is 21.9 Å². The van der Waals surface area contributed by atoms with E-state index in [2.05, 4.69) is 4.72 Å². The Morgan fingerprint density at radius 3 is 2.80 bits per heavy atom. The van der Waals surface area contributed by atoms with Gasteiger partial charge in [-0.05, 0) is 43.9 Å². The predicted octanol–water partition coefficient (Wildman–Crippen LogP) is 1.42. The summed E-state index contributed by atoms with van der Waals surface area (Å²) in [4.78, 5) is -0.222. The summed E-state index contributed by atoms with van der Waals surface area (Å²) in [6.07, 6.45) is 1.98. The van der Waals surface area contributed by atoms with Crippen molar-refractivity contribution in [2.45, 2.75) is 42.7 Å². The van der Waals surface area contributed by atoms with E-state index in [0.29, 0.717) is 19.3 Å². The van der Waals surface area contributed by atoms with Crippen LogP contribution >= 0.6 is 0 Å². The number of sulfonamides is 1. The van der Waals surface area contributed by atoms with Crippen molar-refractivity contribution in [1.82, 2.24) is 4.72 Å². The number of ether oxygens (including phenoxy) is 1. The van der Waals surface area contributed by atoms with Crippen molar-refractivity contribution < 1.29 is 22.7 Å². The molecule has 1 aliphatic rings. The standard InChI is InChI=1S/C13H18FNO4S/c1-19-12-6-5-9(14)7-13(12)20(17,18)15-10-3-2-4-11(16)8-10/h5-7,10-11,15-16H,2-4,8H2,1H3/t10-,11+/m1/s1. The molecule has 1 aliphatic carbocycles. The zero-order chi connectivity index (χ0) is 14.8. The minimum atomic E-state index is -3.87. The van der Waals surface area contributed by atoms with Crippen LogP contribution in [0.25, 0.3) is 0 Å². The van der Waals surface area contributed by atoms with Crippen LogP contribution in [0, 0.1) is 5.82 Å². The highest BCUT2D eigenvalue weighted by Gasteiger charge is 2.27. The minimum Gasteiger partial charge on any atom is -0.495 e. The molecule has 0 heterocycles. The van der Waals surface area contributed by atoms with Crippen LogP contribution in [0.2, 0.25) is 0 Å². The highest BCUT2D eigenvalue weighted by atomic mass is 32.2. The number of aliphatic hydroxyl groups is 1. The van der Waals surface area contributed by atoms with Crippen molar-refractivity contribution in [3.05, 3.63) is 24.0 Å². The van der Waals surface area contributed by atoms with Gasteiger partial charge in [-0.25, -0.2) is 17.5 Å². The molecule has 0 bridgehead atoms. The van der Waals surface area contributed by atoms with Gasteiger partial charge in [0.05, 0.1) is 13.2 Å². The lowest BCUT2D eigenvalue weighted by atomic mass is 9.94. The molecule has 2 atom stereocenters. The van der Waals surface area contributed by atoms with Crippen LogP contribution in [0.5, 0.6) is 5.75 Å². The summed E-state index contributed by atoms with van der Waals surface area (Å²) in [5.74, 6) is -0.551. The Kier molecular flexibility index (Phi) is 4.62. The molecule has 0 spiro atoms. The molecule has 2 rings (SSSR count). The fourth-order valence-corrected chi connectivity index (χ4v) is 3.88. The van der Waals surface area contributed by atoms with Gasteiger partial charge in [-0.15, -0.1) is 0 Å². The van der Waals surface area contributed by atoms with Crippen LogP contribution in [-0.4, -0.2) is 32.8 Å². The van der Waals surface area contributed by atoms with Gasteiger partial charge in [-0.3, -0.25) is 0 Å². The first kappa shape index (κ1) is 15.2. The van der Waals surface area contributed by atoms with Gasteiger partial charge in [0.25, 0.3) is 0 Å². The van der Waals surface area contributed by atoms with E-state index in [-0.39, 0.29) is 16.7 Å². The van der Waals surface area contributed by atoms with E-state index >= 15 is 0 Å². The molecule has 5 nitrogen and oxygen atoms in total. The van der Waals surface area contributed by atoms with Gasteiger partial charge >= 0.3 is 0 Å². The molecule has 1 aromatic rings. The largest absolute Gasteiger partial charge is 0.495 e. The maximum Gasteiger partial charge on any atom is 0.244 e. The Balaban J connectivity index is 2.24. The van der Waals surface area contributed by atoms with Crippen molar-refractivity contribution in [1.29, 1.82) is 0 Å². The van der Waals surface area contributed by atoms with Crippen molar-refractivity contribution in [3.8, 4) is 5.75 Å². The van der Waals surface area contributed by atoms with Gasteiger partial charge < -0.3 is 9.84 Å². The highest BCUT2D eigenvalue weighted by molar-refractivity contribution is 7.89. The third-order valence-electron chi connectivity index (χ3n) is 3.38. The molecule has 0 radical (unpaired) electrons. The SMILES string of the molecule is COc1ccc(F)cc1S(=O)(=O)N[C@@H]1CCC[C@H](O)C1. The van der Waals surface area contributed by atoms with Gasteiger partial charge in [-0.1, -0.05) is 0 Å². The maximum absolute atomic E-state index is 13.3. The fraction of sp³-hybridized carbons (Fsp3) is 0.538. The third kappa shape index (κ3) is 3.47. The first-order valence-corrected chi connectivity index (χ1v) is 7.94. The lowest BCUT2D eigenvalue weighted by molar-refractivity contribution is 0.117. The second-order valence-electron chi connectivity index (χ2n) is 4.93. The molecule has 0 aliphatic heterocycles. The number of hydrogen-bond donors (Lipinski definition) is 2. The van der Waals surface area contributed by atoms with Crippen LogP contribution < -0.4 is 9.46 Å². The Morgan fingerprint density at radius 2 is 2.15 bits per heavy atom. The number of nitrogens with one attached hydrogen (secondary N) is 1. The molecule has 0 saturated heterocycles. The molecular formula is C13H18FNO4S. The van der Waals surface area contributed by atoms with Crippen LogP contribution in [0.1, 0.15) is 25.7 Å². The quantitative estimate of drug-likeness (QED) is 0.882. The molecule has 1 saturated carbocycles. The Hall–Kier alpha value is -1.18. The molecule has 1 fully saturated rings. The van der Waals surface area contributed by atoms with Crippen molar-refractivity contribution in [2.24, 2.45) is 0 Å². The molecule has 0 unspecified atom stereocenters. The monoisotopic (exact) mass is 303 g/mol. The first-order chi connectivity index (χ1) is 9.42. The zero-order valence-corrected chi connectivity index (χ0v) is 12.0. The molecule has 0 amide bonds. The zero-order valence-electron chi connectivity index (χ0n) is 11.2. The van der Waals surface area contributed by atoms with Crippen LogP contribution in [0.3, 0.4) is 0 Å². The number of hydrogen-bond acceptors (Lipinski definition) is 4. The summed E-state index contributed by atoms with van der Waals surface area (Å²) in [7, 11) is -2.54. The topological polar surface area (TPSA) is 75.6 Å². The smallest absolute Gasteiger partial charge is 0.244 e. The number of benzene rings is 1. The second-order valence-corrected chi connectivity index (χ2v) is 6.62. The first-order valence-electron chi connectivity index (χ1n) is 6.46. The Bertz CT molecular complexity index is 576. The molecule has 112 valence electrons. The van der Waals surface area contributed by atoms with Crippen LogP contribution in [-0.2, 0) is 10.0 Å². The average molecular weight is 303 g/mol. The second kappa shape index (κ2) is 6.07. The van der Waals surface area contributed by atoms with Crippen LogP contribution in [0.15, 0.2) is 23.1 Å². The molecule has 7 heteroatoms. The molecular weight excluding hydrogens is 285 g/mol. The van der Waals surface area contributed by atoms with Gasteiger partial charge in [0, 0.05) is 6.04 Å². The van der Waals surface area contributed by atoms with Crippen molar-refractivity contribution in [2.75, 3.05) is 7.11 Å². The number of methoxy groups -OCH3 is 1. The Morgan fingerprint density at radius 1 is 1.40 bits per heavy atom. The summed E-state index contributed by atoms with van der Waals surface area (Å²) < 4.78 is 45.3. The summed E-state index contributed by atoms with van der Waals surface area (Å²) in [5, 5.41) is 9.57. The lowest BCUT2D eigenvalue weighted by Gasteiger charge is -2.26. The maximum atomic E-state index is 13.3. The summed E-state index contributed by atoms with van der Waals surface area (Å²) in [5.41, 5.74) is 0. The van der Waals surface area contributed by atoms with Crippen molar-refractivity contribution >= 4 is 10.0 Å². The van der Waals surface area contributed by atoms with E-state index in [0.717, 1.165) is 18.6 Å². The highest BCUT2D eigenvalue weighted by Crippen LogP contribution is 2.26. The Labute approximate surface area is 117 Å². The van der Waals surface area contributed by atoms with E-state index in [1.165, 1.54) is 13.2 Å². The fourth-order valence-electron chi connectivity index (χ4n) is 2.41. The molecule has 1 aromatic carbocycles. The molecule has 0 aromatic heterocycles. The third-order valence-corrected chi connectivity index (χ3v) is 4.93. The van der Waals surface area contributed by atoms with E-state index in [1.54, 1.807) is 0 Å². The predicted molar refractivity (Wildman–Crippen MR) is 71.5 cm³/mol. The lowest BCUT2D eigenvalue weighted by Crippen LogP contribution is -2.39. The average Bonchev–Trinajstić information content (AvgIpc) is 2.38. The number of halogens is 1. The minimum absolute atomic E-state index is 0.0928. The van der Waals surface area contributed by atoms with E-state index in [9.17, 15) is 17.9 Å². The summed E-state index contributed by atoms with van der Waals surface area (Å²) in [6.45, 7) is 0. The summed E-state index contributed by atoms with van der Waals surface area (Å²) >= 11 is 0. The van der Waals surface area contributed by atoms with Gasteiger partial charge in [0.15, 0.2) is 0 Å². The van der Waals surface area contributed by atoms with Gasteiger partial charge in [0.1, 0.15) is 16.5 Å². The number of rotatable bonds is 4. The summed E-state index contributed by atoms with van der Waals surface area (Å²) in [6, 6.07) is 3.01. The molecule has 20 heavy (non-hydrogen) atoms. The van der Waals surface area contributed by atoms with Crippen molar-refractivity contribution in [3.63, 3.8) is 0 Å². The normalized spacial score (nSPS) is 23.6. The van der Waals surface area contributed by atoms with Crippen LogP contribution in [0.4, 0.5) is 4.39 Å². The molecule has 2 N–H and O–H groups in total.